The molecule has 0 atom stereocenters. The van der Waals surface area contributed by atoms with Gasteiger partial charge in [0.15, 0.2) is 0 Å². The molecule has 2 rings (SSSR count). The molecule has 0 radical (unpaired) electrons. The van der Waals surface area contributed by atoms with Crippen LogP contribution in [-0.2, 0) is 6.54 Å². The number of halogens is 1. The van der Waals surface area contributed by atoms with Crippen molar-refractivity contribution in [3.05, 3.63) is 51.1 Å². The van der Waals surface area contributed by atoms with E-state index in [9.17, 15) is 19.3 Å². The Balaban J connectivity index is 2.10. The zero-order chi connectivity index (χ0) is 17.9. The molecule has 0 saturated carbocycles. The summed E-state index contributed by atoms with van der Waals surface area (Å²) in [6.45, 7) is 4.07. The van der Waals surface area contributed by atoms with Crippen LogP contribution in [0.3, 0.4) is 0 Å². The molecule has 0 aliphatic rings. The molecule has 0 bridgehead atoms. The molecule has 0 aliphatic carbocycles. The van der Waals surface area contributed by atoms with E-state index in [-0.39, 0.29) is 23.6 Å². The van der Waals surface area contributed by atoms with Gasteiger partial charge in [0, 0.05) is 20.1 Å². The fourth-order valence-electron chi connectivity index (χ4n) is 2.21. The number of hydrogen-bond donors (Lipinski definition) is 2. The van der Waals surface area contributed by atoms with E-state index in [0.717, 1.165) is 0 Å². The molecule has 0 spiro atoms. The van der Waals surface area contributed by atoms with Gasteiger partial charge in [-0.05, 0) is 31.5 Å². The fraction of sp³-hybridized carbons (Fsp3) is 0.333. The van der Waals surface area contributed by atoms with E-state index in [4.69, 9.17) is 0 Å². The minimum absolute atomic E-state index is 0.0366. The molecule has 24 heavy (non-hydrogen) atoms. The summed E-state index contributed by atoms with van der Waals surface area (Å²) in [6.07, 6.45) is 0. The van der Waals surface area contributed by atoms with Crippen LogP contribution in [0.15, 0.2) is 18.2 Å². The van der Waals surface area contributed by atoms with Crippen LogP contribution in [0.5, 0.6) is 0 Å². The van der Waals surface area contributed by atoms with Gasteiger partial charge in [-0.2, -0.15) is 5.10 Å². The van der Waals surface area contributed by atoms with Crippen molar-refractivity contribution >= 4 is 17.3 Å². The van der Waals surface area contributed by atoms with Crippen molar-refractivity contribution in [2.45, 2.75) is 20.4 Å². The van der Waals surface area contributed by atoms with Gasteiger partial charge in [0.1, 0.15) is 11.5 Å². The standard InChI is InChI=1S/C15H18FN5O3/c1-4-20(3)12-6-5-10(7-11(12)16)8-17-15(22)13-14(21(23)24)9(2)18-19-13/h5-7H,4,8H2,1-3H3,(H,17,22)(H,18,19). The van der Waals surface area contributed by atoms with Crippen LogP contribution in [0.2, 0.25) is 0 Å². The zero-order valence-electron chi connectivity index (χ0n) is 13.6. The van der Waals surface area contributed by atoms with Crippen molar-refractivity contribution < 1.29 is 14.1 Å². The maximum Gasteiger partial charge on any atom is 0.322 e. The van der Waals surface area contributed by atoms with Gasteiger partial charge in [0.2, 0.25) is 5.69 Å². The first kappa shape index (κ1) is 17.4. The van der Waals surface area contributed by atoms with Crippen LogP contribution in [0.1, 0.15) is 28.7 Å². The van der Waals surface area contributed by atoms with E-state index in [2.05, 4.69) is 15.5 Å². The number of H-pyrrole nitrogens is 1. The predicted molar refractivity (Wildman–Crippen MR) is 86.5 cm³/mol. The number of hydrogen-bond acceptors (Lipinski definition) is 5. The number of benzene rings is 1. The molecule has 1 aromatic heterocycles. The number of carbonyl (C=O) groups is 1. The Hall–Kier alpha value is -2.97. The number of aromatic amines is 1. The Morgan fingerprint density at radius 2 is 2.21 bits per heavy atom. The number of amides is 1. The van der Waals surface area contributed by atoms with Gasteiger partial charge in [0.25, 0.3) is 5.91 Å². The quantitative estimate of drug-likeness (QED) is 0.622. The molecule has 9 heteroatoms. The first-order chi connectivity index (χ1) is 11.3. The first-order valence-electron chi connectivity index (χ1n) is 7.32. The second-order valence-electron chi connectivity index (χ2n) is 5.29. The van der Waals surface area contributed by atoms with E-state index in [1.54, 1.807) is 24.1 Å². The average molecular weight is 335 g/mol. The molecule has 0 aliphatic heterocycles. The molecule has 128 valence electrons. The molecular formula is C15H18FN5O3. The molecule has 8 nitrogen and oxygen atoms in total. The van der Waals surface area contributed by atoms with Crippen LogP contribution in [0, 0.1) is 22.9 Å². The van der Waals surface area contributed by atoms with Crippen molar-refractivity contribution in [2.75, 3.05) is 18.5 Å². The highest BCUT2D eigenvalue weighted by Crippen LogP contribution is 2.21. The summed E-state index contributed by atoms with van der Waals surface area (Å²) in [5.41, 5.74) is 0.553. The van der Waals surface area contributed by atoms with Gasteiger partial charge >= 0.3 is 5.69 Å². The Morgan fingerprint density at radius 3 is 2.79 bits per heavy atom. The maximum absolute atomic E-state index is 14.0. The highest BCUT2D eigenvalue weighted by molar-refractivity contribution is 5.96. The molecular weight excluding hydrogens is 317 g/mol. The second kappa shape index (κ2) is 7.07. The summed E-state index contributed by atoms with van der Waals surface area (Å²) < 4.78 is 14.0. The van der Waals surface area contributed by atoms with Crippen molar-refractivity contribution in [1.29, 1.82) is 0 Å². The van der Waals surface area contributed by atoms with Crippen molar-refractivity contribution in [1.82, 2.24) is 15.5 Å². The minimum atomic E-state index is -0.693. The Bertz CT molecular complexity index is 774. The molecule has 1 aromatic carbocycles. The van der Waals surface area contributed by atoms with Crippen LogP contribution < -0.4 is 10.2 Å². The molecule has 2 N–H and O–H groups in total. The number of nitrogens with one attached hydrogen (secondary N) is 2. The first-order valence-corrected chi connectivity index (χ1v) is 7.32. The van der Waals surface area contributed by atoms with Crippen LogP contribution in [0.4, 0.5) is 15.8 Å². The Kier molecular flexibility index (Phi) is 5.12. The lowest BCUT2D eigenvalue weighted by Gasteiger charge is -2.18. The van der Waals surface area contributed by atoms with Gasteiger partial charge in [0.05, 0.1) is 10.6 Å². The molecule has 2 aromatic rings. The van der Waals surface area contributed by atoms with Gasteiger partial charge in [-0.3, -0.25) is 20.0 Å². The lowest BCUT2D eigenvalue weighted by Crippen LogP contribution is -2.24. The fourth-order valence-corrected chi connectivity index (χ4v) is 2.21. The summed E-state index contributed by atoms with van der Waals surface area (Å²) in [4.78, 5) is 24.1. The van der Waals surface area contributed by atoms with E-state index >= 15 is 0 Å². The third kappa shape index (κ3) is 3.50. The van der Waals surface area contributed by atoms with Gasteiger partial charge < -0.3 is 10.2 Å². The second-order valence-corrected chi connectivity index (χ2v) is 5.29. The zero-order valence-corrected chi connectivity index (χ0v) is 13.6. The Morgan fingerprint density at radius 1 is 1.50 bits per heavy atom. The summed E-state index contributed by atoms with van der Waals surface area (Å²) in [7, 11) is 1.78. The number of carbonyl (C=O) groups excluding carboxylic acids is 1. The minimum Gasteiger partial charge on any atom is -0.373 e. The number of nitrogens with zero attached hydrogens (tertiary/aromatic N) is 3. The summed E-state index contributed by atoms with van der Waals surface area (Å²) in [5.74, 6) is -1.09. The monoisotopic (exact) mass is 335 g/mol. The number of nitro groups is 1. The van der Waals surface area contributed by atoms with Crippen LogP contribution in [-0.4, -0.2) is 34.6 Å². The van der Waals surface area contributed by atoms with Gasteiger partial charge in [-0.1, -0.05) is 6.07 Å². The molecule has 1 amide bonds. The van der Waals surface area contributed by atoms with E-state index < -0.39 is 16.6 Å². The highest BCUT2D eigenvalue weighted by Gasteiger charge is 2.26. The normalized spacial score (nSPS) is 10.5. The van der Waals surface area contributed by atoms with E-state index in [1.807, 2.05) is 6.92 Å². The lowest BCUT2D eigenvalue weighted by atomic mass is 10.1. The third-order valence-corrected chi connectivity index (χ3v) is 3.66. The van der Waals surface area contributed by atoms with Gasteiger partial charge in [-0.15, -0.1) is 0 Å². The average Bonchev–Trinajstić information content (AvgIpc) is 2.94. The summed E-state index contributed by atoms with van der Waals surface area (Å²) in [6, 6.07) is 4.64. The van der Waals surface area contributed by atoms with E-state index in [0.29, 0.717) is 17.8 Å². The van der Waals surface area contributed by atoms with E-state index in [1.165, 1.54) is 13.0 Å². The highest BCUT2D eigenvalue weighted by atomic mass is 19.1. The van der Waals surface area contributed by atoms with Crippen molar-refractivity contribution in [2.24, 2.45) is 0 Å². The lowest BCUT2D eigenvalue weighted by molar-refractivity contribution is -0.385. The largest absolute Gasteiger partial charge is 0.373 e. The molecule has 0 fully saturated rings. The number of rotatable bonds is 6. The number of anilines is 1. The van der Waals surface area contributed by atoms with Gasteiger partial charge in [-0.25, -0.2) is 4.39 Å². The predicted octanol–water partition coefficient (Wildman–Crippen LogP) is 2.15. The number of aromatic nitrogens is 2. The van der Waals surface area contributed by atoms with Crippen molar-refractivity contribution in [3.63, 3.8) is 0 Å². The topological polar surface area (TPSA) is 104 Å². The SMILES string of the molecule is CCN(C)c1ccc(CNC(=O)c2n[nH]c(C)c2[N+](=O)[O-])cc1F. The summed E-state index contributed by atoms with van der Waals surface area (Å²) >= 11 is 0. The number of aryl methyl sites for hydroxylation is 1. The molecule has 1 heterocycles. The third-order valence-electron chi connectivity index (χ3n) is 3.66. The maximum atomic E-state index is 14.0. The summed E-state index contributed by atoms with van der Waals surface area (Å²) in [5, 5.41) is 19.5. The smallest absolute Gasteiger partial charge is 0.322 e. The Labute approximate surface area is 137 Å². The molecule has 0 saturated heterocycles. The molecule has 0 unspecified atom stereocenters. The van der Waals surface area contributed by atoms with Crippen LogP contribution in [0.25, 0.3) is 0 Å². The van der Waals surface area contributed by atoms with Crippen molar-refractivity contribution in [3.8, 4) is 0 Å². The van der Waals surface area contributed by atoms with Crippen LogP contribution >= 0.6 is 0 Å².